The monoisotopic (exact) mass is 449 g/mol. The van der Waals surface area contributed by atoms with Crippen molar-refractivity contribution in [3.63, 3.8) is 0 Å². The third-order valence-corrected chi connectivity index (χ3v) is 4.83. The number of benzene rings is 2. The van der Waals surface area contributed by atoms with Gasteiger partial charge in [-0.05, 0) is 35.8 Å². The third kappa shape index (κ3) is 5.27. The predicted octanol–water partition coefficient (Wildman–Crippen LogP) is 3.99. The summed E-state index contributed by atoms with van der Waals surface area (Å²) < 4.78 is 11.5. The molecule has 1 heterocycles. The molecule has 2 aromatic carbocycles. The van der Waals surface area contributed by atoms with Crippen molar-refractivity contribution in [2.45, 2.75) is 13.0 Å². The van der Waals surface area contributed by atoms with Crippen molar-refractivity contribution >= 4 is 23.7 Å². The minimum atomic E-state index is -0.513. The maximum absolute atomic E-state index is 12.5. The smallest absolute Gasteiger partial charge is 0.329 e. The molecule has 3 amide bonds. The van der Waals surface area contributed by atoms with Gasteiger partial charge in [0.1, 0.15) is 12.3 Å². The van der Waals surface area contributed by atoms with E-state index in [0.29, 0.717) is 29.0 Å². The molecule has 0 spiro atoms. The number of nitrogens with zero attached hydrogens (tertiary/aromatic N) is 2. The largest absolute Gasteiger partial charge is 0.493 e. The molecule has 1 saturated heterocycles. The number of hydrogen-bond acceptors (Lipinski definition) is 6. The van der Waals surface area contributed by atoms with Crippen LogP contribution < -0.4 is 14.8 Å². The highest BCUT2D eigenvalue weighted by Gasteiger charge is 2.32. The number of amides is 3. The van der Waals surface area contributed by atoms with Crippen LogP contribution >= 0.6 is 0 Å². The number of rotatable bonds is 10. The zero-order chi connectivity index (χ0) is 24.0. The van der Waals surface area contributed by atoms with Crippen molar-refractivity contribution in [2.75, 3.05) is 13.7 Å². The van der Waals surface area contributed by atoms with Crippen molar-refractivity contribution in [1.82, 2.24) is 10.2 Å². The zero-order valence-electron chi connectivity index (χ0n) is 18.1. The van der Waals surface area contributed by atoms with Gasteiger partial charge in [-0.2, -0.15) is 0 Å². The van der Waals surface area contributed by atoms with Gasteiger partial charge in [-0.3, -0.25) is 19.8 Å². The number of non-ortho nitro benzene ring substituents is 1. The number of methoxy groups -OCH3 is 1. The maximum atomic E-state index is 12.5. The van der Waals surface area contributed by atoms with Crippen LogP contribution in [-0.2, 0) is 17.8 Å². The molecule has 3 rings (SSSR count). The molecule has 0 bridgehead atoms. The van der Waals surface area contributed by atoms with Crippen molar-refractivity contribution in [1.29, 1.82) is 0 Å². The third-order valence-electron chi connectivity index (χ3n) is 4.83. The molecule has 0 atom stereocenters. The highest BCUT2D eigenvalue weighted by molar-refractivity contribution is 6.14. The highest BCUT2D eigenvalue weighted by Crippen LogP contribution is 2.35. The number of imide groups is 1. The molecule has 0 aliphatic carbocycles. The molecule has 9 nitrogen and oxygen atoms in total. The Labute approximate surface area is 190 Å². The normalized spacial score (nSPS) is 14.2. The van der Waals surface area contributed by atoms with Gasteiger partial charge in [0.15, 0.2) is 11.5 Å². The van der Waals surface area contributed by atoms with Crippen LogP contribution in [0.3, 0.4) is 0 Å². The second kappa shape index (κ2) is 10.3. The molecule has 0 aromatic heterocycles. The average molecular weight is 449 g/mol. The number of hydrogen-bond donors (Lipinski definition) is 1. The summed E-state index contributed by atoms with van der Waals surface area (Å²) in [5, 5.41) is 13.6. The van der Waals surface area contributed by atoms with E-state index in [1.165, 1.54) is 25.3 Å². The van der Waals surface area contributed by atoms with E-state index < -0.39 is 16.9 Å². The fraction of sp³-hybridized carbons (Fsp3) is 0.167. The van der Waals surface area contributed by atoms with Crippen molar-refractivity contribution in [3.05, 3.63) is 94.2 Å². The van der Waals surface area contributed by atoms with Gasteiger partial charge in [0, 0.05) is 24.2 Å². The van der Waals surface area contributed by atoms with Crippen LogP contribution in [0.4, 0.5) is 10.5 Å². The molecule has 0 radical (unpaired) electrons. The molecule has 1 N–H and O–H groups in total. The van der Waals surface area contributed by atoms with Gasteiger partial charge in [-0.1, -0.05) is 24.3 Å². The summed E-state index contributed by atoms with van der Waals surface area (Å²) in [6.45, 7) is 7.53. The Kier molecular flexibility index (Phi) is 7.24. The zero-order valence-corrected chi connectivity index (χ0v) is 18.1. The predicted molar refractivity (Wildman–Crippen MR) is 123 cm³/mol. The second-order valence-corrected chi connectivity index (χ2v) is 7.11. The van der Waals surface area contributed by atoms with Crippen LogP contribution in [0.15, 0.2) is 67.4 Å². The average Bonchev–Trinajstić information content (AvgIpc) is 3.06. The van der Waals surface area contributed by atoms with E-state index in [4.69, 9.17) is 9.47 Å². The van der Waals surface area contributed by atoms with Gasteiger partial charge in [-0.25, -0.2) is 4.79 Å². The Morgan fingerprint density at radius 3 is 2.64 bits per heavy atom. The topological polar surface area (TPSA) is 111 Å². The van der Waals surface area contributed by atoms with Crippen LogP contribution in [0.2, 0.25) is 0 Å². The fourth-order valence-corrected chi connectivity index (χ4v) is 3.34. The fourth-order valence-electron chi connectivity index (χ4n) is 3.34. The Morgan fingerprint density at radius 1 is 1.18 bits per heavy atom. The molecule has 0 saturated carbocycles. The molecular weight excluding hydrogens is 426 g/mol. The summed E-state index contributed by atoms with van der Waals surface area (Å²) in [6.07, 6.45) is 5.17. The van der Waals surface area contributed by atoms with Gasteiger partial charge in [0.2, 0.25) is 0 Å². The summed E-state index contributed by atoms with van der Waals surface area (Å²) in [7, 11) is 1.48. The van der Waals surface area contributed by atoms with Crippen LogP contribution in [0, 0.1) is 10.1 Å². The maximum Gasteiger partial charge on any atom is 0.329 e. The summed E-state index contributed by atoms with van der Waals surface area (Å²) in [5.74, 6) is 0.419. The molecule has 33 heavy (non-hydrogen) atoms. The molecule has 1 fully saturated rings. The van der Waals surface area contributed by atoms with E-state index in [9.17, 15) is 19.7 Å². The van der Waals surface area contributed by atoms with Crippen molar-refractivity contribution in [3.8, 4) is 11.5 Å². The standard InChI is InChI=1S/C24H23N3O6/c1-4-7-18-11-17(13-20-23(28)26(10-5-2)24(29)25-20)14-21(32-3)22(18)33-15-16-8-6-9-19(12-16)27(30)31/h4-6,8-9,11-14H,1-2,7,10,15H2,3H3,(H,25,29)/b20-13+. The SMILES string of the molecule is C=CCc1cc(/C=C2/NC(=O)N(CC=C)C2=O)cc(OC)c1OCc1cccc([N+](=O)[O-])c1. The Balaban J connectivity index is 1.92. The van der Waals surface area contributed by atoms with E-state index >= 15 is 0 Å². The lowest BCUT2D eigenvalue weighted by molar-refractivity contribution is -0.384. The number of nitro groups is 1. The van der Waals surface area contributed by atoms with Crippen LogP contribution in [0.5, 0.6) is 11.5 Å². The first-order chi connectivity index (χ1) is 15.9. The van der Waals surface area contributed by atoms with E-state index in [0.717, 1.165) is 10.5 Å². The van der Waals surface area contributed by atoms with Gasteiger partial charge in [0.05, 0.1) is 12.0 Å². The van der Waals surface area contributed by atoms with E-state index in [-0.39, 0.29) is 24.5 Å². The summed E-state index contributed by atoms with van der Waals surface area (Å²) >= 11 is 0. The molecule has 170 valence electrons. The van der Waals surface area contributed by atoms with Crippen LogP contribution in [-0.4, -0.2) is 35.4 Å². The molecule has 9 heteroatoms. The van der Waals surface area contributed by atoms with Gasteiger partial charge < -0.3 is 14.8 Å². The molecule has 1 aliphatic heterocycles. The number of nitro benzene ring substituents is 1. The summed E-state index contributed by atoms with van der Waals surface area (Å²) in [6, 6.07) is 9.15. The molecule has 2 aromatic rings. The minimum absolute atomic E-state index is 0.0230. The first-order valence-electron chi connectivity index (χ1n) is 10.0. The molecular formula is C24H23N3O6. The number of allylic oxidation sites excluding steroid dienone is 1. The van der Waals surface area contributed by atoms with Crippen molar-refractivity contribution < 1.29 is 24.0 Å². The molecule has 1 aliphatic rings. The lowest BCUT2D eigenvalue weighted by Gasteiger charge is -2.16. The van der Waals surface area contributed by atoms with Crippen LogP contribution in [0.1, 0.15) is 16.7 Å². The lowest BCUT2D eigenvalue weighted by Crippen LogP contribution is -2.30. The second-order valence-electron chi connectivity index (χ2n) is 7.11. The summed E-state index contributed by atoms with van der Waals surface area (Å²) in [4.78, 5) is 36.1. The van der Waals surface area contributed by atoms with E-state index in [2.05, 4.69) is 18.5 Å². The first-order valence-corrected chi connectivity index (χ1v) is 10.0. The number of carbonyl (C=O) groups excluding carboxylic acids is 2. The number of carbonyl (C=O) groups is 2. The molecule has 0 unspecified atom stereocenters. The van der Waals surface area contributed by atoms with Gasteiger partial charge in [-0.15, -0.1) is 13.2 Å². The van der Waals surface area contributed by atoms with Gasteiger partial charge in [0.25, 0.3) is 11.6 Å². The highest BCUT2D eigenvalue weighted by atomic mass is 16.6. The lowest BCUT2D eigenvalue weighted by atomic mass is 10.0. The van der Waals surface area contributed by atoms with E-state index in [1.54, 1.807) is 36.4 Å². The van der Waals surface area contributed by atoms with E-state index in [1.807, 2.05) is 0 Å². The number of nitrogens with one attached hydrogen (secondary N) is 1. The van der Waals surface area contributed by atoms with Crippen LogP contribution in [0.25, 0.3) is 6.08 Å². The summed E-state index contributed by atoms with van der Waals surface area (Å²) in [5.41, 5.74) is 2.10. The van der Waals surface area contributed by atoms with Crippen molar-refractivity contribution in [2.24, 2.45) is 0 Å². The number of urea groups is 1. The Morgan fingerprint density at radius 2 is 1.97 bits per heavy atom. The number of ether oxygens (including phenoxy) is 2. The first kappa shape index (κ1) is 23.3. The quantitative estimate of drug-likeness (QED) is 0.193. The minimum Gasteiger partial charge on any atom is -0.493 e. The Hall–Kier alpha value is -4.40. The van der Waals surface area contributed by atoms with Gasteiger partial charge >= 0.3 is 6.03 Å². The Bertz CT molecular complexity index is 1150.